The van der Waals surface area contributed by atoms with Gasteiger partial charge in [0.15, 0.2) is 0 Å². The largest absolute Gasteiger partial charge is 0.387 e. The number of hydrogen-bond donors (Lipinski definition) is 2. The summed E-state index contributed by atoms with van der Waals surface area (Å²) in [4.78, 5) is 11.9. The molecule has 1 aromatic carbocycles. The summed E-state index contributed by atoms with van der Waals surface area (Å²) in [5, 5.41) is 17.4. The minimum atomic E-state index is -0.886. The number of aliphatic hydroxyl groups is 1. The third-order valence-electron chi connectivity index (χ3n) is 2.78. The minimum Gasteiger partial charge on any atom is -0.387 e. The van der Waals surface area contributed by atoms with E-state index in [0.717, 1.165) is 0 Å². The molecule has 0 saturated heterocycles. The molecule has 1 amide bonds. The van der Waals surface area contributed by atoms with Crippen molar-refractivity contribution in [3.8, 4) is 0 Å². The quantitative estimate of drug-likeness (QED) is 0.909. The average molecular weight is 314 g/mol. The van der Waals surface area contributed by atoms with Crippen LogP contribution in [0.4, 0.5) is 0 Å². The van der Waals surface area contributed by atoms with Crippen molar-refractivity contribution < 1.29 is 9.90 Å². The van der Waals surface area contributed by atoms with Gasteiger partial charge in [-0.2, -0.15) is 5.10 Å². The van der Waals surface area contributed by atoms with Crippen LogP contribution < -0.4 is 5.32 Å². The van der Waals surface area contributed by atoms with E-state index in [4.69, 9.17) is 23.2 Å². The van der Waals surface area contributed by atoms with Gasteiger partial charge in [-0.3, -0.25) is 9.48 Å². The smallest absolute Gasteiger partial charge is 0.269 e. The molecule has 20 heavy (non-hydrogen) atoms. The molecule has 106 valence electrons. The first kappa shape index (κ1) is 14.8. The maximum atomic E-state index is 11.9. The zero-order valence-corrected chi connectivity index (χ0v) is 12.2. The molecule has 0 saturated carbocycles. The van der Waals surface area contributed by atoms with Gasteiger partial charge in [0, 0.05) is 29.8 Å². The molecular weight excluding hydrogens is 301 g/mol. The Bertz CT molecular complexity index is 608. The van der Waals surface area contributed by atoms with Crippen molar-refractivity contribution in [2.75, 3.05) is 6.54 Å². The van der Waals surface area contributed by atoms with E-state index in [1.54, 1.807) is 31.3 Å². The Hall–Kier alpha value is -1.56. The first-order valence-corrected chi connectivity index (χ1v) is 6.63. The van der Waals surface area contributed by atoms with Crippen LogP contribution in [0.5, 0.6) is 0 Å². The third kappa shape index (κ3) is 3.50. The second-order valence-corrected chi connectivity index (χ2v) is 5.14. The number of carbonyl (C=O) groups excluding carboxylic acids is 1. The molecule has 1 atom stereocenters. The lowest BCUT2D eigenvalue weighted by atomic mass is 10.1. The highest BCUT2D eigenvalue weighted by Gasteiger charge is 2.14. The van der Waals surface area contributed by atoms with E-state index in [0.29, 0.717) is 21.3 Å². The molecule has 2 aromatic rings. The lowest BCUT2D eigenvalue weighted by Gasteiger charge is -2.13. The third-order valence-corrected chi connectivity index (χ3v) is 3.22. The van der Waals surface area contributed by atoms with Gasteiger partial charge in [0.05, 0.1) is 6.10 Å². The standard InChI is InChI=1S/C13H13Cl2N3O2/c1-18-11(2-3-17-18)13(20)16-7-12(19)8-4-9(14)6-10(15)5-8/h2-6,12,19H,7H2,1H3,(H,16,20). The molecule has 2 N–H and O–H groups in total. The maximum Gasteiger partial charge on any atom is 0.269 e. The van der Waals surface area contributed by atoms with E-state index in [-0.39, 0.29) is 12.5 Å². The lowest BCUT2D eigenvalue weighted by molar-refractivity contribution is 0.0907. The number of nitrogens with zero attached hydrogens (tertiary/aromatic N) is 2. The Kier molecular flexibility index (Phi) is 4.65. The summed E-state index contributed by atoms with van der Waals surface area (Å²) in [6.07, 6.45) is 0.644. The average Bonchev–Trinajstić information content (AvgIpc) is 2.80. The molecule has 5 nitrogen and oxygen atoms in total. The topological polar surface area (TPSA) is 67.2 Å². The molecule has 0 aliphatic heterocycles. The fraction of sp³-hybridized carbons (Fsp3) is 0.231. The Morgan fingerprint density at radius 3 is 2.60 bits per heavy atom. The fourth-order valence-electron chi connectivity index (χ4n) is 1.76. The maximum absolute atomic E-state index is 11.9. The Labute approximate surface area is 126 Å². The molecule has 0 aliphatic carbocycles. The number of halogens is 2. The van der Waals surface area contributed by atoms with E-state index in [1.165, 1.54) is 10.9 Å². The van der Waals surface area contributed by atoms with Crippen LogP contribution in [0, 0.1) is 0 Å². The van der Waals surface area contributed by atoms with E-state index in [1.807, 2.05) is 0 Å². The van der Waals surface area contributed by atoms with E-state index in [9.17, 15) is 9.90 Å². The van der Waals surface area contributed by atoms with Gasteiger partial charge in [-0.15, -0.1) is 0 Å². The van der Waals surface area contributed by atoms with Crippen LogP contribution >= 0.6 is 23.2 Å². The Morgan fingerprint density at radius 2 is 2.05 bits per heavy atom. The normalized spacial score (nSPS) is 12.2. The predicted octanol–water partition coefficient (Wildman–Crippen LogP) is 2.19. The molecule has 7 heteroatoms. The molecule has 0 spiro atoms. The second-order valence-electron chi connectivity index (χ2n) is 4.27. The number of aliphatic hydroxyl groups excluding tert-OH is 1. The minimum absolute atomic E-state index is 0.0562. The molecule has 2 rings (SSSR count). The van der Waals surface area contributed by atoms with Gasteiger partial charge in [-0.25, -0.2) is 0 Å². The summed E-state index contributed by atoms with van der Waals surface area (Å²) in [7, 11) is 1.67. The van der Waals surface area contributed by atoms with Crippen LogP contribution in [0.2, 0.25) is 10.0 Å². The highest BCUT2D eigenvalue weighted by Crippen LogP contribution is 2.23. The summed E-state index contributed by atoms with van der Waals surface area (Å²) in [6.45, 7) is 0.0562. The van der Waals surface area contributed by atoms with Crippen LogP contribution in [0.1, 0.15) is 22.2 Å². The first-order valence-electron chi connectivity index (χ1n) is 5.87. The van der Waals surface area contributed by atoms with Crippen molar-refractivity contribution in [2.24, 2.45) is 7.05 Å². The van der Waals surface area contributed by atoms with Crippen molar-refractivity contribution in [1.82, 2.24) is 15.1 Å². The van der Waals surface area contributed by atoms with Crippen LogP contribution in [-0.4, -0.2) is 27.3 Å². The van der Waals surface area contributed by atoms with Gasteiger partial charge < -0.3 is 10.4 Å². The number of aromatic nitrogens is 2. The van der Waals surface area contributed by atoms with Crippen LogP contribution in [0.15, 0.2) is 30.5 Å². The van der Waals surface area contributed by atoms with Gasteiger partial charge in [0.25, 0.3) is 5.91 Å². The first-order chi connectivity index (χ1) is 9.47. The lowest BCUT2D eigenvalue weighted by Crippen LogP contribution is -2.29. The van der Waals surface area contributed by atoms with Gasteiger partial charge in [-0.05, 0) is 29.8 Å². The zero-order chi connectivity index (χ0) is 14.7. The van der Waals surface area contributed by atoms with Gasteiger partial charge >= 0.3 is 0 Å². The summed E-state index contributed by atoms with van der Waals surface area (Å²) in [6, 6.07) is 6.38. The molecule has 1 unspecified atom stereocenters. The monoisotopic (exact) mass is 313 g/mol. The molecule has 0 aliphatic rings. The van der Waals surface area contributed by atoms with Crippen molar-refractivity contribution in [1.29, 1.82) is 0 Å². The highest BCUT2D eigenvalue weighted by molar-refractivity contribution is 6.34. The predicted molar refractivity (Wildman–Crippen MR) is 77.0 cm³/mol. The number of nitrogens with one attached hydrogen (secondary N) is 1. The number of benzene rings is 1. The number of carbonyl (C=O) groups is 1. The fourth-order valence-corrected chi connectivity index (χ4v) is 2.30. The Morgan fingerprint density at radius 1 is 1.40 bits per heavy atom. The molecular formula is C13H13Cl2N3O2. The van der Waals surface area contributed by atoms with E-state index < -0.39 is 6.10 Å². The number of aryl methyl sites for hydroxylation is 1. The summed E-state index contributed by atoms with van der Waals surface area (Å²) < 4.78 is 1.46. The SMILES string of the molecule is Cn1nccc1C(=O)NCC(O)c1cc(Cl)cc(Cl)c1. The molecule has 0 bridgehead atoms. The van der Waals surface area contributed by atoms with Gasteiger partial charge in [-0.1, -0.05) is 23.2 Å². The van der Waals surface area contributed by atoms with Gasteiger partial charge in [0.1, 0.15) is 5.69 Å². The van der Waals surface area contributed by atoms with Gasteiger partial charge in [0.2, 0.25) is 0 Å². The number of amides is 1. The van der Waals surface area contributed by atoms with Crippen LogP contribution in [0.25, 0.3) is 0 Å². The number of rotatable bonds is 4. The summed E-state index contributed by atoms with van der Waals surface area (Å²) in [5.41, 5.74) is 0.967. The number of hydrogen-bond acceptors (Lipinski definition) is 3. The summed E-state index contributed by atoms with van der Waals surface area (Å²) >= 11 is 11.7. The van der Waals surface area contributed by atoms with Crippen molar-refractivity contribution in [3.63, 3.8) is 0 Å². The van der Waals surface area contributed by atoms with Crippen molar-refractivity contribution >= 4 is 29.1 Å². The van der Waals surface area contributed by atoms with E-state index in [2.05, 4.69) is 10.4 Å². The molecule has 0 radical (unpaired) electrons. The van der Waals surface area contributed by atoms with Crippen molar-refractivity contribution in [3.05, 3.63) is 51.8 Å². The zero-order valence-electron chi connectivity index (χ0n) is 10.7. The second kappa shape index (κ2) is 6.26. The molecule has 0 fully saturated rings. The van der Waals surface area contributed by atoms with E-state index >= 15 is 0 Å². The molecule has 1 aromatic heterocycles. The highest BCUT2D eigenvalue weighted by atomic mass is 35.5. The molecule has 1 heterocycles. The Balaban J connectivity index is 2.00. The van der Waals surface area contributed by atoms with Crippen LogP contribution in [0.3, 0.4) is 0 Å². The van der Waals surface area contributed by atoms with Crippen molar-refractivity contribution in [2.45, 2.75) is 6.10 Å². The summed E-state index contributed by atoms with van der Waals surface area (Å²) in [5.74, 6) is -0.308. The van der Waals surface area contributed by atoms with Crippen LogP contribution in [-0.2, 0) is 7.05 Å².